The van der Waals surface area contributed by atoms with Gasteiger partial charge in [-0.2, -0.15) is 0 Å². The Kier molecular flexibility index (Phi) is 7.46. The highest BCUT2D eigenvalue weighted by Crippen LogP contribution is 2.40. The van der Waals surface area contributed by atoms with Gasteiger partial charge in [-0.15, -0.1) is 0 Å². The quantitative estimate of drug-likeness (QED) is 0.559. The first-order valence-corrected chi connectivity index (χ1v) is 10.5. The van der Waals surface area contributed by atoms with Gasteiger partial charge in [0.1, 0.15) is 11.6 Å². The van der Waals surface area contributed by atoms with Crippen LogP contribution in [0.5, 0.6) is 5.75 Å². The average Bonchev–Trinajstić information content (AvgIpc) is 2.75. The van der Waals surface area contributed by atoms with Gasteiger partial charge in [0.15, 0.2) is 0 Å². The smallest absolute Gasteiger partial charge is 0.312 e. The van der Waals surface area contributed by atoms with Crippen molar-refractivity contribution in [1.82, 2.24) is 15.6 Å². The lowest BCUT2D eigenvalue weighted by molar-refractivity contribution is 0.172. The molecule has 0 bridgehead atoms. The Morgan fingerprint density at radius 3 is 2.65 bits per heavy atom. The lowest BCUT2D eigenvalue weighted by atomic mass is 9.76. The maximum absolute atomic E-state index is 13.7. The third-order valence-corrected chi connectivity index (χ3v) is 5.99. The van der Waals surface area contributed by atoms with E-state index in [4.69, 9.17) is 15.2 Å². The molecular weight excluding hydrogens is 399 g/mol. The van der Waals surface area contributed by atoms with Crippen molar-refractivity contribution in [3.63, 3.8) is 0 Å². The average molecular weight is 431 g/mol. The Hall–Kier alpha value is -2.71. The van der Waals surface area contributed by atoms with Crippen LogP contribution in [-0.2, 0) is 10.3 Å². The van der Waals surface area contributed by atoms with Crippen molar-refractivity contribution in [3.8, 4) is 16.9 Å². The summed E-state index contributed by atoms with van der Waals surface area (Å²) in [5.74, 6) is 0.0851. The van der Waals surface area contributed by atoms with E-state index in [1.807, 2.05) is 13.0 Å². The molecule has 1 heterocycles. The number of rotatable bonds is 8. The van der Waals surface area contributed by atoms with E-state index in [0.29, 0.717) is 31.2 Å². The van der Waals surface area contributed by atoms with Crippen LogP contribution in [0.2, 0.25) is 0 Å². The fourth-order valence-corrected chi connectivity index (χ4v) is 4.32. The number of benzene rings is 1. The molecule has 0 saturated heterocycles. The van der Waals surface area contributed by atoms with Crippen LogP contribution in [0.1, 0.15) is 36.9 Å². The summed E-state index contributed by atoms with van der Waals surface area (Å²) in [4.78, 5) is 16.5. The predicted molar refractivity (Wildman–Crippen MR) is 117 cm³/mol. The zero-order valence-electron chi connectivity index (χ0n) is 18.3. The van der Waals surface area contributed by atoms with E-state index in [9.17, 15) is 9.18 Å². The Morgan fingerprint density at radius 1 is 1.26 bits per heavy atom. The summed E-state index contributed by atoms with van der Waals surface area (Å²) in [5, 5.41) is 6.46. The number of hydrogen-bond donors (Lipinski definition) is 3. The number of primary amides is 1. The van der Waals surface area contributed by atoms with Crippen LogP contribution in [0.3, 0.4) is 0 Å². The molecule has 0 spiro atoms. The van der Waals surface area contributed by atoms with E-state index in [0.717, 1.165) is 41.8 Å². The number of aromatic nitrogens is 1. The van der Waals surface area contributed by atoms with Crippen LogP contribution in [-0.4, -0.2) is 44.4 Å². The Morgan fingerprint density at radius 2 is 2.00 bits per heavy atom. The molecule has 2 aromatic rings. The summed E-state index contributed by atoms with van der Waals surface area (Å²) in [6.07, 6.45) is 4.93. The molecule has 1 aliphatic carbocycles. The van der Waals surface area contributed by atoms with Crippen LogP contribution in [0.15, 0.2) is 30.5 Å². The minimum atomic E-state index is -0.652. The van der Waals surface area contributed by atoms with Gasteiger partial charge >= 0.3 is 6.03 Å². The van der Waals surface area contributed by atoms with E-state index in [1.54, 1.807) is 19.4 Å². The van der Waals surface area contributed by atoms with Gasteiger partial charge in [0, 0.05) is 37.5 Å². The van der Waals surface area contributed by atoms with Crippen molar-refractivity contribution in [1.29, 1.82) is 0 Å². The van der Waals surface area contributed by atoms with Crippen LogP contribution in [0.25, 0.3) is 11.1 Å². The maximum Gasteiger partial charge on any atom is 0.312 e. The Labute approximate surface area is 182 Å². The number of ether oxygens (including phenoxy) is 2. The normalized spacial score (nSPS) is 21.0. The van der Waals surface area contributed by atoms with Crippen LogP contribution in [0.4, 0.5) is 9.18 Å². The second-order valence-electron chi connectivity index (χ2n) is 8.02. The second-order valence-corrected chi connectivity index (χ2v) is 8.02. The number of nitrogens with two attached hydrogens (primary N) is 1. The maximum atomic E-state index is 13.7. The summed E-state index contributed by atoms with van der Waals surface area (Å²) in [7, 11) is 3.20. The van der Waals surface area contributed by atoms with Crippen molar-refractivity contribution in [2.75, 3.05) is 27.4 Å². The molecule has 0 aliphatic heterocycles. The number of pyridine rings is 1. The van der Waals surface area contributed by atoms with Gasteiger partial charge in [0.2, 0.25) is 0 Å². The highest BCUT2D eigenvalue weighted by Gasteiger charge is 2.39. The first kappa shape index (κ1) is 23.0. The van der Waals surface area contributed by atoms with Crippen LogP contribution >= 0.6 is 0 Å². The van der Waals surface area contributed by atoms with Gasteiger partial charge in [-0.25, -0.2) is 9.18 Å². The second kappa shape index (κ2) is 10.1. The molecule has 7 nitrogen and oxygen atoms in total. The molecule has 1 aromatic heterocycles. The van der Waals surface area contributed by atoms with Crippen molar-refractivity contribution in [2.24, 2.45) is 5.73 Å². The molecule has 0 unspecified atom stereocenters. The highest BCUT2D eigenvalue weighted by atomic mass is 19.1. The van der Waals surface area contributed by atoms with E-state index in [2.05, 4.69) is 15.6 Å². The molecule has 1 aromatic carbocycles. The lowest BCUT2D eigenvalue weighted by Crippen LogP contribution is -2.52. The van der Waals surface area contributed by atoms with Crippen molar-refractivity contribution in [3.05, 3.63) is 47.5 Å². The molecular formula is C23H31FN4O3. The van der Waals surface area contributed by atoms with Crippen LogP contribution < -0.4 is 21.1 Å². The topological polar surface area (TPSA) is 98.5 Å². The SMILES string of the molecule is COCCNC1CCC(NC(N)=O)(c2cc(-c3ccc(F)cc3OC)c(C)cn2)CC1. The fraction of sp³-hybridized carbons (Fsp3) is 0.478. The van der Waals surface area contributed by atoms with E-state index >= 15 is 0 Å². The number of nitrogens with zero attached hydrogens (tertiary/aromatic N) is 1. The molecule has 3 rings (SSSR count). The number of carbonyl (C=O) groups is 1. The largest absolute Gasteiger partial charge is 0.496 e. The van der Waals surface area contributed by atoms with E-state index in [1.165, 1.54) is 19.2 Å². The summed E-state index contributed by atoms with van der Waals surface area (Å²) < 4.78 is 24.2. The standard InChI is InChI=1S/C23H31FN4O3/c1-15-14-27-21(13-19(15)18-5-4-16(24)12-20(18)31-3)23(28-22(25)29)8-6-17(7-9-23)26-10-11-30-2/h4-5,12-14,17,26H,6-11H2,1-3H3,(H3,25,28,29). The Bertz CT molecular complexity index is 914. The fourth-order valence-electron chi connectivity index (χ4n) is 4.32. The number of hydrogen-bond acceptors (Lipinski definition) is 5. The lowest BCUT2D eigenvalue weighted by Gasteiger charge is -2.40. The molecule has 4 N–H and O–H groups in total. The van der Waals surface area contributed by atoms with Gasteiger partial charge in [-0.3, -0.25) is 4.98 Å². The number of aryl methyl sites for hydroxylation is 1. The minimum Gasteiger partial charge on any atom is -0.496 e. The summed E-state index contributed by atoms with van der Waals surface area (Å²) in [6.45, 7) is 3.39. The van der Waals surface area contributed by atoms with Gasteiger partial charge in [-0.05, 0) is 61.9 Å². The molecule has 31 heavy (non-hydrogen) atoms. The first-order valence-electron chi connectivity index (χ1n) is 10.5. The van der Waals surface area contributed by atoms with Crippen LogP contribution in [0, 0.1) is 12.7 Å². The zero-order chi connectivity index (χ0) is 22.4. The predicted octanol–water partition coefficient (Wildman–Crippen LogP) is 3.25. The summed E-state index contributed by atoms with van der Waals surface area (Å²) in [6, 6.07) is 6.20. The summed E-state index contributed by atoms with van der Waals surface area (Å²) >= 11 is 0. The van der Waals surface area contributed by atoms with Gasteiger partial charge < -0.3 is 25.8 Å². The number of methoxy groups -OCH3 is 2. The highest BCUT2D eigenvalue weighted by molar-refractivity contribution is 5.75. The molecule has 0 atom stereocenters. The third-order valence-electron chi connectivity index (χ3n) is 5.99. The number of amides is 2. The van der Waals surface area contributed by atoms with Gasteiger partial charge in [0.25, 0.3) is 0 Å². The molecule has 0 radical (unpaired) electrons. The Balaban J connectivity index is 1.93. The van der Waals surface area contributed by atoms with Crippen molar-refractivity contribution >= 4 is 6.03 Å². The third kappa shape index (κ3) is 5.32. The molecule has 8 heteroatoms. The monoisotopic (exact) mass is 430 g/mol. The zero-order valence-corrected chi connectivity index (χ0v) is 18.3. The first-order chi connectivity index (χ1) is 14.9. The van der Waals surface area contributed by atoms with Gasteiger partial charge in [0.05, 0.1) is 24.9 Å². The van der Waals surface area contributed by atoms with Crippen molar-refractivity contribution in [2.45, 2.75) is 44.2 Å². The molecule has 1 aliphatic rings. The van der Waals surface area contributed by atoms with E-state index < -0.39 is 11.6 Å². The number of nitrogens with one attached hydrogen (secondary N) is 2. The molecule has 1 fully saturated rings. The molecule has 168 valence electrons. The molecule has 1 saturated carbocycles. The van der Waals surface area contributed by atoms with Crippen molar-refractivity contribution < 1.29 is 18.7 Å². The minimum absolute atomic E-state index is 0.347. The van der Waals surface area contributed by atoms with Gasteiger partial charge in [-0.1, -0.05) is 0 Å². The number of urea groups is 1. The van der Waals surface area contributed by atoms with E-state index in [-0.39, 0.29) is 5.82 Å². The number of halogens is 1. The molecule has 2 amide bonds. The number of carbonyl (C=O) groups excluding carboxylic acids is 1. The summed E-state index contributed by atoms with van der Waals surface area (Å²) in [5.41, 5.74) is 8.22.